The standard InChI is InChI=1S/C24H20Cl2N2O/c25-14-11-20(24(29)21(26)12-14)23-18-8-4-7-17(18)19-13-16(9-10-22(19)28-23)27-15-5-2-1-3-6-15/h1-7,9-13,17-18,23,27-29H,8H2. The van der Waals surface area contributed by atoms with E-state index in [-0.39, 0.29) is 28.6 Å². The van der Waals surface area contributed by atoms with Gasteiger partial charge < -0.3 is 15.7 Å². The highest BCUT2D eigenvalue weighted by atomic mass is 35.5. The van der Waals surface area contributed by atoms with Gasteiger partial charge in [0, 0.05) is 33.6 Å². The zero-order valence-corrected chi connectivity index (χ0v) is 17.1. The van der Waals surface area contributed by atoms with E-state index < -0.39 is 0 Å². The summed E-state index contributed by atoms with van der Waals surface area (Å²) in [5.74, 6) is 0.658. The minimum Gasteiger partial charge on any atom is -0.506 e. The first-order chi connectivity index (χ1) is 14.1. The fourth-order valence-electron chi connectivity index (χ4n) is 4.49. The van der Waals surface area contributed by atoms with Crippen LogP contribution in [0.4, 0.5) is 17.1 Å². The molecule has 0 bridgehead atoms. The molecule has 0 radical (unpaired) electrons. The van der Waals surface area contributed by atoms with E-state index in [1.54, 1.807) is 6.07 Å². The normalized spacial score (nSPS) is 21.9. The van der Waals surface area contributed by atoms with Gasteiger partial charge in [0.15, 0.2) is 0 Å². The van der Waals surface area contributed by atoms with Crippen molar-refractivity contribution in [1.29, 1.82) is 0 Å². The first-order valence-corrected chi connectivity index (χ1v) is 10.4. The minimum absolute atomic E-state index is 0.0633. The van der Waals surface area contributed by atoms with Gasteiger partial charge >= 0.3 is 0 Å². The number of phenols is 1. The summed E-state index contributed by atoms with van der Waals surface area (Å²) in [5.41, 5.74) is 5.19. The van der Waals surface area contributed by atoms with Crippen molar-refractivity contribution in [2.24, 2.45) is 5.92 Å². The minimum atomic E-state index is -0.0633. The SMILES string of the molecule is Oc1c(Cl)cc(Cl)cc1C1Nc2ccc(Nc3ccccc3)cc2C2C=CCC21. The van der Waals surface area contributed by atoms with Crippen LogP contribution in [0, 0.1) is 5.92 Å². The molecule has 3 atom stereocenters. The quantitative estimate of drug-likeness (QED) is 0.388. The van der Waals surface area contributed by atoms with Gasteiger partial charge in [-0.2, -0.15) is 0 Å². The van der Waals surface area contributed by atoms with Gasteiger partial charge in [-0.25, -0.2) is 0 Å². The van der Waals surface area contributed by atoms with Crippen molar-refractivity contribution in [3.05, 3.63) is 94.0 Å². The van der Waals surface area contributed by atoms with E-state index in [0.717, 1.165) is 29.0 Å². The molecular weight excluding hydrogens is 403 g/mol. The molecule has 1 aliphatic carbocycles. The van der Waals surface area contributed by atoms with Crippen molar-refractivity contribution in [2.45, 2.75) is 18.4 Å². The highest BCUT2D eigenvalue weighted by Gasteiger charge is 2.39. The number of para-hydroxylation sites is 1. The van der Waals surface area contributed by atoms with Gasteiger partial charge in [-0.05, 0) is 60.4 Å². The molecule has 2 aliphatic rings. The largest absolute Gasteiger partial charge is 0.506 e. The molecule has 0 spiro atoms. The Bertz CT molecular complexity index is 1100. The lowest BCUT2D eigenvalue weighted by atomic mass is 9.76. The number of rotatable bonds is 3. The van der Waals surface area contributed by atoms with Crippen LogP contribution < -0.4 is 10.6 Å². The van der Waals surface area contributed by atoms with Crippen molar-refractivity contribution in [2.75, 3.05) is 10.6 Å². The second-order valence-corrected chi connectivity index (χ2v) is 8.44. The van der Waals surface area contributed by atoms with Crippen molar-refractivity contribution < 1.29 is 5.11 Å². The lowest BCUT2D eigenvalue weighted by Crippen LogP contribution is -2.29. The Balaban J connectivity index is 1.52. The summed E-state index contributed by atoms with van der Waals surface area (Å²) in [4.78, 5) is 0. The summed E-state index contributed by atoms with van der Waals surface area (Å²) in [6, 6.07) is 19.9. The van der Waals surface area contributed by atoms with Gasteiger partial charge in [-0.3, -0.25) is 0 Å². The van der Waals surface area contributed by atoms with Crippen LogP contribution in [-0.4, -0.2) is 5.11 Å². The van der Waals surface area contributed by atoms with E-state index in [1.165, 1.54) is 5.56 Å². The van der Waals surface area contributed by atoms with Crippen LogP contribution in [0.2, 0.25) is 10.0 Å². The molecule has 0 saturated carbocycles. The third kappa shape index (κ3) is 3.35. The maximum atomic E-state index is 10.6. The molecule has 0 fully saturated rings. The molecular formula is C24H20Cl2N2O. The fraction of sp³-hybridized carbons (Fsp3) is 0.167. The number of aromatic hydroxyl groups is 1. The zero-order valence-electron chi connectivity index (χ0n) is 15.6. The number of halogens is 2. The highest BCUT2D eigenvalue weighted by Crippen LogP contribution is 2.52. The molecule has 1 heterocycles. The summed E-state index contributed by atoms with van der Waals surface area (Å²) < 4.78 is 0. The summed E-state index contributed by atoms with van der Waals surface area (Å²) in [5, 5.41) is 18.5. The van der Waals surface area contributed by atoms with Crippen LogP contribution in [0.25, 0.3) is 0 Å². The summed E-state index contributed by atoms with van der Waals surface area (Å²) in [7, 11) is 0. The number of phenolic OH excluding ortho intramolecular Hbond substituents is 1. The number of benzene rings is 3. The van der Waals surface area contributed by atoms with Crippen LogP contribution in [0.3, 0.4) is 0 Å². The molecule has 0 amide bonds. The van der Waals surface area contributed by atoms with Crippen LogP contribution >= 0.6 is 23.2 Å². The van der Waals surface area contributed by atoms with Gasteiger partial charge in [-0.1, -0.05) is 53.6 Å². The monoisotopic (exact) mass is 422 g/mol. The molecule has 5 rings (SSSR count). The molecule has 146 valence electrons. The summed E-state index contributed by atoms with van der Waals surface area (Å²) >= 11 is 12.4. The van der Waals surface area contributed by atoms with E-state index in [4.69, 9.17) is 23.2 Å². The molecule has 3 N–H and O–H groups in total. The van der Waals surface area contributed by atoms with E-state index in [2.05, 4.69) is 53.1 Å². The topological polar surface area (TPSA) is 44.3 Å². The Kier molecular flexibility index (Phi) is 4.65. The van der Waals surface area contributed by atoms with Gasteiger partial charge in [0.05, 0.1) is 11.1 Å². The highest BCUT2D eigenvalue weighted by molar-refractivity contribution is 6.35. The molecule has 3 nitrogen and oxygen atoms in total. The Labute approximate surface area is 180 Å². The third-order valence-corrected chi connectivity index (χ3v) is 6.32. The average Bonchev–Trinajstić information content (AvgIpc) is 3.21. The zero-order chi connectivity index (χ0) is 20.0. The summed E-state index contributed by atoms with van der Waals surface area (Å²) in [6.07, 6.45) is 5.42. The molecule has 3 aromatic carbocycles. The van der Waals surface area contributed by atoms with E-state index in [9.17, 15) is 5.11 Å². The predicted octanol–water partition coefficient (Wildman–Crippen LogP) is 7.27. The molecule has 0 aromatic heterocycles. The second kappa shape index (κ2) is 7.33. The maximum absolute atomic E-state index is 10.6. The average molecular weight is 423 g/mol. The van der Waals surface area contributed by atoms with Crippen LogP contribution in [0.5, 0.6) is 5.75 Å². The maximum Gasteiger partial charge on any atom is 0.139 e. The van der Waals surface area contributed by atoms with Crippen LogP contribution in [0.1, 0.15) is 29.5 Å². The molecule has 29 heavy (non-hydrogen) atoms. The van der Waals surface area contributed by atoms with Gasteiger partial charge in [0.2, 0.25) is 0 Å². The number of anilines is 3. The molecule has 1 aliphatic heterocycles. The smallest absolute Gasteiger partial charge is 0.139 e. The Morgan fingerprint density at radius 3 is 2.59 bits per heavy atom. The van der Waals surface area contributed by atoms with Crippen molar-refractivity contribution >= 4 is 40.3 Å². The molecule has 3 unspecified atom stereocenters. The number of nitrogens with one attached hydrogen (secondary N) is 2. The van der Waals surface area contributed by atoms with E-state index >= 15 is 0 Å². The molecule has 3 aromatic rings. The first kappa shape index (κ1) is 18.4. The van der Waals surface area contributed by atoms with Crippen molar-refractivity contribution in [1.82, 2.24) is 0 Å². The molecule has 0 saturated heterocycles. The Morgan fingerprint density at radius 1 is 0.931 bits per heavy atom. The number of hydrogen-bond donors (Lipinski definition) is 3. The van der Waals surface area contributed by atoms with Crippen LogP contribution in [-0.2, 0) is 0 Å². The Hall–Kier alpha value is -2.62. The number of allylic oxidation sites excluding steroid dienone is 2. The van der Waals surface area contributed by atoms with Gasteiger partial charge in [0.25, 0.3) is 0 Å². The lowest BCUT2D eigenvalue weighted by molar-refractivity contribution is 0.402. The van der Waals surface area contributed by atoms with E-state index in [1.807, 2.05) is 24.3 Å². The number of hydrogen-bond acceptors (Lipinski definition) is 3. The first-order valence-electron chi connectivity index (χ1n) is 9.67. The van der Waals surface area contributed by atoms with Crippen molar-refractivity contribution in [3.8, 4) is 5.75 Å². The lowest BCUT2D eigenvalue weighted by Gasteiger charge is -2.38. The van der Waals surface area contributed by atoms with Gasteiger partial charge in [0.1, 0.15) is 5.75 Å². The van der Waals surface area contributed by atoms with Crippen molar-refractivity contribution in [3.63, 3.8) is 0 Å². The predicted molar refractivity (Wildman–Crippen MR) is 121 cm³/mol. The van der Waals surface area contributed by atoms with Gasteiger partial charge in [-0.15, -0.1) is 0 Å². The summed E-state index contributed by atoms with van der Waals surface area (Å²) in [6.45, 7) is 0. The third-order valence-electron chi connectivity index (χ3n) is 5.82. The molecule has 5 heteroatoms. The second-order valence-electron chi connectivity index (χ2n) is 7.59. The van der Waals surface area contributed by atoms with E-state index in [0.29, 0.717) is 5.02 Å². The number of fused-ring (bicyclic) bond motifs is 3. The fourth-order valence-corrected chi connectivity index (χ4v) is 5.00. The van der Waals surface area contributed by atoms with Crippen LogP contribution in [0.15, 0.2) is 72.8 Å². The Morgan fingerprint density at radius 2 is 1.76 bits per heavy atom.